The maximum atomic E-state index is 13.2. The predicted molar refractivity (Wildman–Crippen MR) is 132 cm³/mol. The van der Waals surface area contributed by atoms with Crippen molar-refractivity contribution in [2.75, 3.05) is 12.0 Å². The third kappa shape index (κ3) is 5.02. The average Bonchev–Trinajstić information content (AvgIpc) is 2.83. The van der Waals surface area contributed by atoms with Crippen molar-refractivity contribution < 1.29 is 23.9 Å². The van der Waals surface area contributed by atoms with Gasteiger partial charge in [-0.25, -0.2) is 9.69 Å². The van der Waals surface area contributed by atoms with E-state index in [1.807, 2.05) is 31.2 Å². The third-order valence-corrected chi connectivity index (χ3v) is 5.75. The number of carbonyl (C=O) groups excluding carboxylic acids is 3. The lowest BCUT2D eigenvalue weighted by molar-refractivity contribution is -0.122. The van der Waals surface area contributed by atoms with E-state index in [1.165, 1.54) is 13.2 Å². The molecule has 0 bridgehead atoms. The number of ether oxygens (including phenoxy) is 2. The number of nitrogens with one attached hydrogen (secondary N) is 1. The van der Waals surface area contributed by atoms with Gasteiger partial charge in [-0.15, -0.1) is 0 Å². The van der Waals surface area contributed by atoms with Gasteiger partial charge >= 0.3 is 6.03 Å². The second kappa shape index (κ2) is 9.93. The average molecular weight is 521 g/mol. The highest BCUT2D eigenvalue weighted by Gasteiger charge is 2.37. The van der Waals surface area contributed by atoms with Gasteiger partial charge in [0.2, 0.25) is 0 Å². The fourth-order valence-electron chi connectivity index (χ4n) is 3.37. The summed E-state index contributed by atoms with van der Waals surface area (Å²) in [6.45, 7) is 2.29. The Balaban J connectivity index is 1.67. The van der Waals surface area contributed by atoms with Crippen molar-refractivity contribution in [3.05, 3.63) is 93.5 Å². The standard InChI is InChI=1S/C26H21BrN2O5/c1-16-3-5-17(6-4-16)15-34-23-14-21(33-2)12-7-18(23)13-22-24(30)28-26(32)29(25(22)31)20-10-8-19(27)9-11-20/h3-14H,15H2,1-2H3,(H,28,30,32)/b22-13+. The molecule has 1 N–H and O–H groups in total. The van der Waals surface area contributed by atoms with Crippen LogP contribution < -0.4 is 19.7 Å². The summed E-state index contributed by atoms with van der Waals surface area (Å²) in [5, 5.41) is 2.23. The lowest BCUT2D eigenvalue weighted by Gasteiger charge is -2.26. The quantitative estimate of drug-likeness (QED) is 0.364. The van der Waals surface area contributed by atoms with Crippen molar-refractivity contribution in [1.29, 1.82) is 0 Å². The van der Waals surface area contributed by atoms with E-state index in [0.29, 0.717) is 22.7 Å². The van der Waals surface area contributed by atoms with Crippen LogP contribution in [0.25, 0.3) is 6.08 Å². The van der Waals surface area contributed by atoms with Crippen LogP contribution >= 0.6 is 15.9 Å². The van der Waals surface area contributed by atoms with Crippen molar-refractivity contribution in [1.82, 2.24) is 5.32 Å². The second-order valence-electron chi connectivity index (χ2n) is 7.61. The van der Waals surface area contributed by atoms with Crippen LogP contribution in [-0.4, -0.2) is 25.0 Å². The van der Waals surface area contributed by atoms with Gasteiger partial charge in [-0.3, -0.25) is 14.9 Å². The van der Waals surface area contributed by atoms with Crippen molar-refractivity contribution in [3.8, 4) is 11.5 Å². The van der Waals surface area contributed by atoms with Crippen LogP contribution in [0.3, 0.4) is 0 Å². The third-order valence-electron chi connectivity index (χ3n) is 5.22. The Labute approximate surface area is 205 Å². The molecule has 3 aromatic rings. The second-order valence-corrected chi connectivity index (χ2v) is 8.53. The fourth-order valence-corrected chi connectivity index (χ4v) is 3.63. The first kappa shape index (κ1) is 23.3. The molecule has 1 fully saturated rings. The summed E-state index contributed by atoms with van der Waals surface area (Å²) in [6.07, 6.45) is 1.42. The summed E-state index contributed by atoms with van der Waals surface area (Å²) in [4.78, 5) is 39.1. The molecule has 34 heavy (non-hydrogen) atoms. The van der Waals surface area contributed by atoms with E-state index >= 15 is 0 Å². The maximum Gasteiger partial charge on any atom is 0.335 e. The lowest BCUT2D eigenvalue weighted by Crippen LogP contribution is -2.54. The van der Waals surface area contributed by atoms with Crippen molar-refractivity contribution >= 4 is 45.5 Å². The minimum atomic E-state index is -0.806. The number of methoxy groups -OCH3 is 1. The number of nitrogens with zero attached hydrogens (tertiary/aromatic N) is 1. The number of amides is 4. The number of benzene rings is 3. The van der Waals surface area contributed by atoms with Gasteiger partial charge < -0.3 is 9.47 Å². The molecule has 0 spiro atoms. The predicted octanol–water partition coefficient (Wildman–Crippen LogP) is 5.01. The monoisotopic (exact) mass is 520 g/mol. The summed E-state index contributed by atoms with van der Waals surface area (Å²) in [7, 11) is 1.54. The van der Waals surface area contributed by atoms with Gasteiger partial charge in [0.15, 0.2) is 0 Å². The van der Waals surface area contributed by atoms with Crippen LogP contribution in [-0.2, 0) is 16.2 Å². The number of rotatable bonds is 6. The van der Waals surface area contributed by atoms with Crippen molar-refractivity contribution in [2.45, 2.75) is 13.5 Å². The molecular weight excluding hydrogens is 500 g/mol. The van der Waals surface area contributed by atoms with Crippen LogP contribution in [0.5, 0.6) is 11.5 Å². The SMILES string of the molecule is COc1ccc(/C=C2\C(=O)NC(=O)N(c3ccc(Br)cc3)C2=O)c(OCc2ccc(C)cc2)c1. The summed E-state index contributed by atoms with van der Waals surface area (Å²) >= 11 is 3.33. The van der Waals surface area contributed by atoms with E-state index in [0.717, 1.165) is 20.5 Å². The summed E-state index contributed by atoms with van der Waals surface area (Å²) < 4.78 is 12.1. The van der Waals surface area contributed by atoms with Crippen LogP contribution in [0.2, 0.25) is 0 Å². The molecule has 0 unspecified atom stereocenters. The molecule has 0 radical (unpaired) electrons. The molecule has 1 heterocycles. The molecule has 1 saturated heterocycles. The molecule has 172 valence electrons. The van der Waals surface area contributed by atoms with E-state index in [9.17, 15) is 14.4 Å². The highest BCUT2D eigenvalue weighted by Crippen LogP contribution is 2.30. The summed E-state index contributed by atoms with van der Waals surface area (Å²) in [5.41, 5.74) is 2.76. The molecule has 0 aliphatic carbocycles. The molecule has 3 aromatic carbocycles. The first-order valence-corrected chi connectivity index (χ1v) is 11.2. The Morgan fingerprint density at radius 1 is 0.971 bits per heavy atom. The first-order chi connectivity index (χ1) is 16.4. The summed E-state index contributed by atoms with van der Waals surface area (Å²) in [6, 6.07) is 18.8. The molecule has 0 aromatic heterocycles. The van der Waals surface area contributed by atoms with Gasteiger partial charge in [0, 0.05) is 16.1 Å². The Hall–Kier alpha value is -3.91. The molecule has 4 rings (SSSR count). The largest absolute Gasteiger partial charge is 0.497 e. The van der Waals surface area contributed by atoms with E-state index in [2.05, 4.69) is 21.2 Å². The normalized spacial score (nSPS) is 14.9. The van der Waals surface area contributed by atoms with Crippen LogP contribution in [0.15, 0.2) is 76.8 Å². The van der Waals surface area contributed by atoms with Crippen LogP contribution in [0, 0.1) is 6.92 Å². The number of carbonyl (C=O) groups is 3. The zero-order chi connectivity index (χ0) is 24.2. The number of hydrogen-bond acceptors (Lipinski definition) is 5. The number of imide groups is 2. The van der Waals surface area contributed by atoms with Gasteiger partial charge in [-0.05, 0) is 55.0 Å². The van der Waals surface area contributed by atoms with Crippen LogP contribution in [0.1, 0.15) is 16.7 Å². The van der Waals surface area contributed by atoms with E-state index in [-0.39, 0.29) is 12.2 Å². The Morgan fingerprint density at radius 3 is 2.35 bits per heavy atom. The number of hydrogen-bond donors (Lipinski definition) is 1. The smallest absolute Gasteiger partial charge is 0.335 e. The molecule has 1 aliphatic heterocycles. The van der Waals surface area contributed by atoms with Gasteiger partial charge in [-0.2, -0.15) is 0 Å². The fraction of sp³-hybridized carbons (Fsp3) is 0.115. The molecule has 1 aliphatic rings. The maximum absolute atomic E-state index is 13.2. The molecular formula is C26H21BrN2O5. The van der Waals surface area contributed by atoms with Crippen molar-refractivity contribution in [2.24, 2.45) is 0 Å². The minimum absolute atomic E-state index is 0.187. The Bertz CT molecular complexity index is 1280. The topological polar surface area (TPSA) is 84.9 Å². The number of aryl methyl sites for hydroxylation is 1. The Kier molecular flexibility index (Phi) is 6.79. The highest BCUT2D eigenvalue weighted by molar-refractivity contribution is 9.10. The van der Waals surface area contributed by atoms with E-state index in [4.69, 9.17) is 9.47 Å². The zero-order valence-corrected chi connectivity index (χ0v) is 20.1. The number of anilines is 1. The number of barbiturate groups is 1. The number of halogens is 1. The molecule has 4 amide bonds. The zero-order valence-electron chi connectivity index (χ0n) is 18.5. The molecule has 0 atom stereocenters. The van der Waals surface area contributed by atoms with Gasteiger partial charge in [0.25, 0.3) is 11.8 Å². The first-order valence-electron chi connectivity index (χ1n) is 10.4. The van der Waals surface area contributed by atoms with Gasteiger partial charge in [0.1, 0.15) is 23.7 Å². The van der Waals surface area contributed by atoms with Gasteiger partial charge in [-0.1, -0.05) is 45.8 Å². The van der Waals surface area contributed by atoms with Crippen LogP contribution in [0.4, 0.5) is 10.5 Å². The Morgan fingerprint density at radius 2 is 1.68 bits per heavy atom. The minimum Gasteiger partial charge on any atom is -0.497 e. The summed E-state index contributed by atoms with van der Waals surface area (Å²) in [5.74, 6) is -0.507. The van der Waals surface area contributed by atoms with E-state index in [1.54, 1.807) is 42.5 Å². The number of urea groups is 1. The van der Waals surface area contributed by atoms with E-state index < -0.39 is 17.8 Å². The lowest BCUT2D eigenvalue weighted by atomic mass is 10.1. The van der Waals surface area contributed by atoms with Gasteiger partial charge in [0.05, 0.1) is 12.8 Å². The molecule has 8 heteroatoms. The molecule has 7 nitrogen and oxygen atoms in total. The van der Waals surface area contributed by atoms with Crippen molar-refractivity contribution in [3.63, 3.8) is 0 Å². The highest BCUT2D eigenvalue weighted by atomic mass is 79.9. The molecule has 0 saturated carbocycles.